The summed E-state index contributed by atoms with van der Waals surface area (Å²) in [6.45, 7) is 8.49. The van der Waals surface area contributed by atoms with E-state index in [9.17, 15) is 9.50 Å². The Bertz CT molecular complexity index is 565. The van der Waals surface area contributed by atoms with Gasteiger partial charge in [0.25, 0.3) is 0 Å². The van der Waals surface area contributed by atoms with Crippen molar-refractivity contribution in [2.45, 2.75) is 65.4 Å². The Morgan fingerprint density at radius 3 is 2.27 bits per heavy atom. The molecule has 1 unspecified atom stereocenters. The van der Waals surface area contributed by atoms with E-state index in [4.69, 9.17) is 0 Å². The maximum atomic E-state index is 14.3. The van der Waals surface area contributed by atoms with E-state index in [1.807, 2.05) is 0 Å². The molecular weight excluding hydrogens is 411 g/mol. The van der Waals surface area contributed by atoms with E-state index in [2.05, 4.69) is 59.6 Å². The van der Waals surface area contributed by atoms with E-state index < -0.39 is 5.60 Å². The first-order chi connectivity index (χ1) is 10.2. The summed E-state index contributed by atoms with van der Waals surface area (Å²) < 4.78 is 15.5. The van der Waals surface area contributed by atoms with Gasteiger partial charge in [0.2, 0.25) is 0 Å². The van der Waals surface area contributed by atoms with Gasteiger partial charge in [0.1, 0.15) is 5.82 Å². The highest BCUT2D eigenvalue weighted by atomic mass is 79.9. The zero-order valence-corrected chi connectivity index (χ0v) is 16.9. The molecule has 1 N–H and O–H groups in total. The average molecular weight is 436 g/mol. The summed E-state index contributed by atoms with van der Waals surface area (Å²) in [5.41, 5.74) is 0.482. The minimum absolute atomic E-state index is 0.142. The van der Waals surface area contributed by atoms with Gasteiger partial charge in [0, 0.05) is 15.5 Å². The van der Waals surface area contributed by atoms with Gasteiger partial charge in [-0.25, -0.2) is 4.39 Å². The van der Waals surface area contributed by atoms with Crippen LogP contribution in [0.4, 0.5) is 4.39 Å². The molecule has 1 aliphatic carbocycles. The Hall–Kier alpha value is 0.0700. The van der Waals surface area contributed by atoms with Gasteiger partial charge in [0.05, 0.1) is 10.1 Å². The third-order valence-corrected chi connectivity index (χ3v) is 6.65. The van der Waals surface area contributed by atoms with Gasteiger partial charge >= 0.3 is 0 Å². The number of benzene rings is 1. The van der Waals surface area contributed by atoms with Crippen LogP contribution in [0, 0.1) is 17.2 Å². The van der Waals surface area contributed by atoms with E-state index in [0.717, 1.165) is 47.7 Å². The molecule has 0 radical (unpaired) electrons. The first kappa shape index (κ1) is 18.4. The second kappa shape index (κ2) is 6.52. The van der Waals surface area contributed by atoms with Crippen molar-refractivity contribution >= 4 is 31.9 Å². The number of rotatable bonds is 5. The van der Waals surface area contributed by atoms with Crippen LogP contribution in [-0.2, 0) is 12.0 Å². The van der Waals surface area contributed by atoms with Crippen molar-refractivity contribution in [3.05, 3.63) is 32.0 Å². The Labute approximate surface area is 149 Å². The van der Waals surface area contributed by atoms with Gasteiger partial charge in [-0.05, 0) is 52.7 Å². The lowest BCUT2D eigenvalue weighted by Gasteiger charge is -2.44. The summed E-state index contributed by atoms with van der Waals surface area (Å²) in [5.74, 6) is -0.169. The van der Waals surface area contributed by atoms with Crippen LogP contribution in [0.3, 0.4) is 0 Å². The van der Waals surface area contributed by atoms with Crippen molar-refractivity contribution in [2.24, 2.45) is 11.3 Å². The standard InChI is InChI=1S/C18H25Br2FO/c1-5-7-11(8-6-2)18(22)15-12(10-17(18,3)4)13(19)9-14(21)16(15)20/h9,11,22H,5-8,10H2,1-4H3. The van der Waals surface area contributed by atoms with Crippen LogP contribution in [0.15, 0.2) is 15.0 Å². The molecular formula is C18H25Br2FO. The number of fused-ring (bicyclic) bond motifs is 1. The topological polar surface area (TPSA) is 20.2 Å². The van der Waals surface area contributed by atoms with Gasteiger partial charge in [-0.15, -0.1) is 0 Å². The Morgan fingerprint density at radius 2 is 1.77 bits per heavy atom. The molecule has 0 aromatic heterocycles. The third kappa shape index (κ3) is 2.69. The molecule has 2 rings (SSSR count). The van der Waals surface area contributed by atoms with Crippen molar-refractivity contribution in [2.75, 3.05) is 0 Å². The monoisotopic (exact) mass is 434 g/mol. The van der Waals surface area contributed by atoms with Crippen LogP contribution in [0.5, 0.6) is 0 Å². The SMILES string of the molecule is CCCC(CCC)C1(O)c2c(Br)c(F)cc(Br)c2CC1(C)C. The molecule has 0 saturated heterocycles. The molecule has 0 amide bonds. The molecule has 22 heavy (non-hydrogen) atoms. The number of hydrogen-bond donors (Lipinski definition) is 1. The molecule has 0 spiro atoms. The molecule has 0 heterocycles. The van der Waals surface area contributed by atoms with Crippen molar-refractivity contribution in [1.29, 1.82) is 0 Å². The second-order valence-electron chi connectivity index (χ2n) is 7.11. The summed E-state index contributed by atoms with van der Waals surface area (Å²) in [5, 5.41) is 11.8. The Balaban J connectivity index is 2.70. The van der Waals surface area contributed by atoms with Gasteiger partial charge in [0.15, 0.2) is 0 Å². The quantitative estimate of drug-likeness (QED) is 0.535. The predicted molar refractivity (Wildman–Crippen MR) is 96.5 cm³/mol. The first-order valence-electron chi connectivity index (χ1n) is 8.09. The molecule has 1 nitrogen and oxygen atoms in total. The molecule has 0 saturated carbocycles. The van der Waals surface area contributed by atoms with E-state index in [-0.39, 0.29) is 17.2 Å². The van der Waals surface area contributed by atoms with E-state index in [0.29, 0.717) is 4.47 Å². The number of halogens is 3. The summed E-state index contributed by atoms with van der Waals surface area (Å²) in [7, 11) is 0. The fourth-order valence-electron chi connectivity index (χ4n) is 4.13. The minimum Gasteiger partial charge on any atom is -0.384 e. The zero-order valence-electron chi connectivity index (χ0n) is 13.8. The summed E-state index contributed by atoms with van der Waals surface area (Å²) in [6.07, 6.45) is 4.70. The van der Waals surface area contributed by atoms with Gasteiger partial charge in [-0.2, -0.15) is 0 Å². The van der Waals surface area contributed by atoms with Crippen LogP contribution >= 0.6 is 31.9 Å². The highest BCUT2D eigenvalue weighted by Gasteiger charge is 2.56. The largest absolute Gasteiger partial charge is 0.384 e. The highest BCUT2D eigenvalue weighted by Crippen LogP contribution is 2.59. The van der Waals surface area contributed by atoms with Gasteiger partial charge in [-0.1, -0.05) is 56.5 Å². The molecule has 4 heteroatoms. The second-order valence-corrected chi connectivity index (χ2v) is 8.76. The van der Waals surface area contributed by atoms with Crippen LogP contribution in [0.1, 0.15) is 64.5 Å². The normalized spacial score (nSPS) is 23.1. The number of aliphatic hydroxyl groups is 1. The zero-order chi connectivity index (χ0) is 16.7. The maximum Gasteiger partial charge on any atom is 0.138 e. The Kier molecular flexibility index (Phi) is 5.46. The van der Waals surface area contributed by atoms with Crippen LogP contribution in [0.2, 0.25) is 0 Å². The molecule has 1 aromatic rings. The van der Waals surface area contributed by atoms with E-state index >= 15 is 0 Å². The van der Waals surface area contributed by atoms with Crippen molar-refractivity contribution in [3.63, 3.8) is 0 Å². The summed E-state index contributed by atoms with van der Waals surface area (Å²) >= 11 is 6.90. The molecule has 1 aromatic carbocycles. The first-order valence-corrected chi connectivity index (χ1v) is 9.68. The molecule has 124 valence electrons. The molecule has 0 fully saturated rings. The van der Waals surface area contributed by atoms with Crippen LogP contribution < -0.4 is 0 Å². The smallest absolute Gasteiger partial charge is 0.138 e. The number of hydrogen-bond acceptors (Lipinski definition) is 1. The molecule has 1 aliphatic rings. The van der Waals surface area contributed by atoms with Crippen molar-refractivity contribution < 1.29 is 9.50 Å². The van der Waals surface area contributed by atoms with E-state index in [1.165, 1.54) is 6.07 Å². The minimum atomic E-state index is -1.00. The lowest BCUT2D eigenvalue weighted by Crippen LogP contribution is -2.45. The molecule has 1 atom stereocenters. The molecule has 0 aliphatic heterocycles. The van der Waals surface area contributed by atoms with Crippen LogP contribution in [-0.4, -0.2) is 5.11 Å². The van der Waals surface area contributed by atoms with Gasteiger partial charge < -0.3 is 5.11 Å². The maximum absolute atomic E-state index is 14.3. The molecule has 0 bridgehead atoms. The third-order valence-electron chi connectivity index (χ3n) is 5.17. The summed E-state index contributed by atoms with van der Waals surface area (Å²) in [4.78, 5) is 0. The fourth-order valence-corrected chi connectivity index (χ4v) is 5.33. The lowest BCUT2D eigenvalue weighted by atomic mass is 9.65. The van der Waals surface area contributed by atoms with E-state index in [1.54, 1.807) is 0 Å². The van der Waals surface area contributed by atoms with Crippen LogP contribution in [0.25, 0.3) is 0 Å². The van der Waals surface area contributed by atoms with Crippen molar-refractivity contribution in [3.8, 4) is 0 Å². The average Bonchev–Trinajstić information content (AvgIpc) is 2.65. The predicted octanol–water partition coefficient (Wildman–Crippen LogP) is 6.34. The lowest BCUT2D eigenvalue weighted by molar-refractivity contribution is -0.113. The Morgan fingerprint density at radius 1 is 1.23 bits per heavy atom. The highest BCUT2D eigenvalue weighted by molar-refractivity contribution is 9.11. The summed E-state index contributed by atoms with van der Waals surface area (Å²) in [6, 6.07) is 1.50. The van der Waals surface area contributed by atoms with Crippen molar-refractivity contribution in [1.82, 2.24) is 0 Å². The van der Waals surface area contributed by atoms with Gasteiger partial charge in [-0.3, -0.25) is 0 Å². The fraction of sp³-hybridized carbons (Fsp3) is 0.667.